The van der Waals surface area contributed by atoms with Crippen LogP contribution in [0.25, 0.3) is 0 Å². The van der Waals surface area contributed by atoms with Gasteiger partial charge in [-0.1, -0.05) is 38.1 Å². The molecule has 0 amide bonds. The van der Waals surface area contributed by atoms with Crippen LogP contribution in [0.4, 0.5) is 0 Å². The van der Waals surface area contributed by atoms with Crippen molar-refractivity contribution >= 4 is 9.84 Å². The molecular formula is C29H43IN2O5S. The first kappa shape index (κ1) is 31.3. The first-order chi connectivity index (χ1) is 17.4. The van der Waals surface area contributed by atoms with Crippen molar-refractivity contribution in [1.82, 2.24) is 4.90 Å². The summed E-state index contributed by atoms with van der Waals surface area (Å²) in [5.41, 5.74) is 1.61. The van der Waals surface area contributed by atoms with Crippen LogP contribution in [0.5, 0.6) is 5.75 Å². The van der Waals surface area contributed by atoms with Crippen LogP contribution in [0.3, 0.4) is 0 Å². The quantitative estimate of drug-likeness (QED) is 0.247. The number of likely N-dealkylation sites (N-methyl/N-ethyl adjacent to an activating group) is 1. The molecule has 1 N–H and O–H groups in total. The maximum Gasteiger partial charge on any atom is 0.179 e. The smallest absolute Gasteiger partial charge is 0.179 e. The summed E-state index contributed by atoms with van der Waals surface area (Å²) >= 11 is 0. The van der Waals surface area contributed by atoms with Gasteiger partial charge in [-0.05, 0) is 41.8 Å². The molecule has 1 fully saturated rings. The Kier molecular flexibility index (Phi) is 10.3. The molecule has 2 aliphatic heterocycles. The van der Waals surface area contributed by atoms with Crippen LogP contribution in [0.15, 0.2) is 47.4 Å². The Morgan fingerprint density at radius 1 is 1.03 bits per heavy atom. The first-order valence-electron chi connectivity index (χ1n) is 13.2. The number of quaternary nitrogens is 1. The highest BCUT2D eigenvalue weighted by Gasteiger charge is 2.44. The molecule has 1 saturated heterocycles. The highest BCUT2D eigenvalue weighted by atomic mass is 127. The second-order valence-corrected chi connectivity index (χ2v) is 13.9. The third-order valence-electron chi connectivity index (χ3n) is 7.85. The number of hydrogen-bond acceptors (Lipinski definition) is 6. The standard InChI is InChI=1S/C29H43N2O5S.HI/c1-22-6-11-25-26(20-22)37(33,34)21-29(2,3)28(32)27(25)23-7-9-24(10-8-23)36-19-18-35-17-14-30-12-15-31(4,5)16-13-30;/h6-11,20,27-28,32H,12-19,21H2,1-5H3;1H/q+1;/p-1/t27-,28-;/m1./s1. The molecular weight excluding hydrogens is 615 g/mol. The number of ether oxygens (including phenoxy) is 2. The molecule has 0 unspecified atom stereocenters. The van der Waals surface area contributed by atoms with Gasteiger partial charge in [-0.3, -0.25) is 4.90 Å². The molecule has 0 aliphatic carbocycles. The van der Waals surface area contributed by atoms with Crippen molar-refractivity contribution in [1.29, 1.82) is 0 Å². The zero-order valence-corrected chi connectivity index (χ0v) is 26.3. The van der Waals surface area contributed by atoms with E-state index in [-0.39, 0.29) is 29.7 Å². The molecule has 0 spiro atoms. The zero-order chi connectivity index (χ0) is 26.8. The molecule has 2 aromatic carbocycles. The van der Waals surface area contributed by atoms with Crippen LogP contribution >= 0.6 is 0 Å². The van der Waals surface area contributed by atoms with E-state index in [1.165, 1.54) is 13.1 Å². The minimum absolute atomic E-state index is 0. The topological polar surface area (TPSA) is 76.1 Å². The number of fused-ring (bicyclic) bond motifs is 1. The Balaban J connectivity index is 0.00000400. The number of aliphatic hydroxyl groups is 1. The fraction of sp³-hybridized carbons (Fsp3) is 0.586. The van der Waals surface area contributed by atoms with Gasteiger partial charge in [-0.2, -0.15) is 0 Å². The summed E-state index contributed by atoms with van der Waals surface area (Å²) in [5.74, 6) is 0.187. The van der Waals surface area contributed by atoms with E-state index in [1.54, 1.807) is 6.07 Å². The van der Waals surface area contributed by atoms with Gasteiger partial charge >= 0.3 is 0 Å². The van der Waals surface area contributed by atoms with Gasteiger partial charge in [0.25, 0.3) is 0 Å². The van der Waals surface area contributed by atoms with Gasteiger partial charge in [0.05, 0.1) is 57.2 Å². The summed E-state index contributed by atoms with van der Waals surface area (Å²) in [4.78, 5) is 2.78. The zero-order valence-electron chi connectivity index (χ0n) is 23.3. The summed E-state index contributed by atoms with van der Waals surface area (Å²) < 4.78 is 39.2. The first-order valence-corrected chi connectivity index (χ1v) is 14.9. The molecule has 38 heavy (non-hydrogen) atoms. The fourth-order valence-electron chi connectivity index (χ4n) is 5.36. The molecule has 0 radical (unpaired) electrons. The number of aliphatic hydroxyl groups excluding tert-OH is 1. The lowest BCUT2D eigenvalue weighted by Crippen LogP contribution is -3.00. The van der Waals surface area contributed by atoms with Crippen LogP contribution < -0.4 is 28.7 Å². The van der Waals surface area contributed by atoms with Crippen LogP contribution in [-0.4, -0.2) is 101 Å². The number of benzene rings is 2. The van der Waals surface area contributed by atoms with Crippen molar-refractivity contribution in [3.05, 3.63) is 59.2 Å². The lowest BCUT2D eigenvalue weighted by atomic mass is 9.75. The van der Waals surface area contributed by atoms with E-state index in [4.69, 9.17) is 9.47 Å². The summed E-state index contributed by atoms with van der Waals surface area (Å²) in [6, 6.07) is 13.1. The summed E-state index contributed by atoms with van der Waals surface area (Å²) in [7, 11) is 1.03. The molecule has 2 aromatic rings. The van der Waals surface area contributed by atoms with Gasteiger partial charge in [0.1, 0.15) is 12.4 Å². The van der Waals surface area contributed by atoms with Gasteiger partial charge in [-0.25, -0.2) is 8.42 Å². The van der Waals surface area contributed by atoms with Crippen molar-refractivity contribution < 1.29 is 51.5 Å². The molecule has 9 heteroatoms. The number of nitrogens with zero attached hydrogens (tertiary/aromatic N) is 2. The van der Waals surface area contributed by atoms with Crippen LogP contribution in [0, 0.1) is 12.3 Å². The lowest BCUT2D eigenvalue weighted by molar-refractivity contribution is -0.894. The number of piperazine rings is 1. The molecule has 4 rings (SSSR count). The van der Waals surface area contributed by atoms with Gasteiger partial charge in [-0.15, -0.1) is 0 Å². The summed E-state index contributed by atoms with van der Waals surface area (Å²) in [6.07, 6.45) is -0.851. The van der Waals surface area contributed by atoms with Crippen molar-refractivity contribution in [3.63, 3.8) is 0 Å². The SMILES string of the molecule is Cc1ccc2c(c1)S(=O)(=O)CC(C)(C)[C@H](O)[C@@H]2c1ccc(OCCOCCN2CC[N+](C)(C)CC2)cc1.[I-]. The van der Waals surface area contributed by atoms with Crippen LogP contribution in [0.1, 0.15) is 36.5 Å². The van der Waals surface area contributed by atoms with Crippen molar-refractivity contribution in [2.75, 3.05) is 72.4 Å². The van der Waals surface area contributed by atoms with Gasteiger partial charge in [0.15, 0.2) is 9.84 Å². The Labute approximate surface area is 245 Å². The van der Waals surface area contributed by atoms with E-state index in [2.05, 4.69) is 19.0 Å². The number of sulfone groups is 1. The molecule has 0 bridgehead atoms. The lowest BCUT2D eigenvalue weighted by Gasteiger charge is -2.39. The minimum Gasteiger partial charge on any atom is -1.00 e. The molecule has 212 valence electrons. The maximum atomic E-state index is 13.2. The summed E-state index contributed by atoms with van der Waals surface area (Å²) in [5, 5.41) is 11.4. The Hall–Kier alpha value is -1.24. The van der Waals surface area contributed by atoms with E-state index in [9.17, 15) is 13.5 Å². The van der Waals surface area contributed by atoms with Crippen LogP contribution in [0.2, 0.25) is 0 Å². The third-order valence-corrected chi connectivity index (χ3v) is 10.00. The molecule has 0 saturated carbocycles. The minimum atomic E-state index is -3.53. The van der Waals surface area contributed by atoms with E-state index in [1.807, 2.05) is 57.2 Å². The third kappa shape index (κ3) is 7.48. The Morgan fingerprint density at radius 2 is 1.68 bits per heavy atom. The number of halogens is 1. The average molecular weight is 659 g/mol. The van der Waals surface area contributed by atoms with Crippen molar-refractivity contribution in [2.24, 2.45) is 5.41 Å². The van der Waals surface area contributed by atoms with Gasteiger partial charge in [0, 0.05) is 31.0 Å². The summed E-state index contributed by atoms with van der Waals surface area (Å²) in [6.45, 7) is 12.8. The van der Waals surface area contributed by atoms with Gasteiger partial charge in [0.2, 0.25) is 0 Å². The number of aryl methyl sites for hydroxylation is 1. The van der Waals surface area contributed by atoms with E-state index < -0.39 is 27.3 Å². The molecule has 2 atom stereocenters. The number of hydrogen-bond donors (Lipinski definition) is 1. The van der Waals surface area contributed by atoms with E-state index >= 15 is 0 Å². The van der Waals surface area contributed by atoms with E-state index in [0.29, 0.717) is 30.3 Å². The average Bonchev–Trinajstić information content (AvgIpc) is 2.88. The fourth-order valence-corrected chi connectivity index (χ4v) is 7.59. The second-order valence-electron chi connectivity index (χ2n) is 12.0. The maximum absolute atomic E-state index is 13.2. The Bertz CT molecular complexity index is 1170. The largest absolute Gasteiger partial charge is 1.00 e. The Morgan fingerprint density at radius 3 is 2.34 bits per heavy atom. The molecule has 0 aromatic heterocycles. The molecule has 2 aliphatic rings. The predicted octanol–water partition coefficient (Wildman–Crippen LogP) is 0.0927. The highest BCUT2D eigenvalue weighted by molar-refractivity contribution is 7.91. The highest BCUT2D eigenvalue weighted by Crippen LogP contribution is 2.44. The van der Waals surface area contributed by atoms with Crippen molar-refractivity contribution in [3.8, 4) is 5.75 Å². The predicted molar refractivity (Wildman–Crippen MR) is 146 cm³/mol. The molecule has 2 heterocycles. The monoisotopic (exact) mass is 658 g/mol. The van der Waals surface area contributed by atoms with Crippen molar-refractivity contribution in [2.45, 2.75) is 37.7 Å². The normalized spacial score (nSPS) is 24.1. The van der Waals surface area contributed by atoms with Crippen LogP contribution in [-0.2, 0) is 14.6 Å². The van der Waals surface area contributed by atoms with E-state index in [0.717, 1.165) is 41.0 Å². The molecule has 7 nitrogen and oxygen atoms in total. The second kappa shape index (κ2) is 12.5. The number of rotatable bonds is 8. The van der Waals surface area contributed by atoms with Gasteiger partial charge < -0.3 is 43.0 Å².